The Balaban J connectivity index is 1.20. The molecule has 1 unspecified atom stereocenters. The van der Waals surface area contributed by atoms with Gasteiger partial charge in [0.1, 0.15) is 11.6 Å². The molecule has 42 heavy (non-hydrogen) atoms. The summed E-state index contributed by atoms with van der Waals surface area (Å²) in [7, 11) is 0. The van der Waals surface area contributed by atoms with Crippen LogP contribution in [0, 0.1) is 6.92 Å². The zero-order valence-electron chi connectivity index (χ0n) is 24.3. The van der Waals surface area contributed by atoms with E-state index in [4.69, 9.17) is 4.98 Å². The zero-order chi connectivity index (χ0) is 29.1. The van der Waals surface area contributed by atoms with E-state index >= 15 is 0 Å². The molecule has 1 aliphatic rings. The van der Waals surface area contributed by atoms with Crippen LogP contribution >= 0.6 is 0 Å². The van der Waals surface area contributed by atoms with Crippen LogP contribution in [0.4, 0.5) is 11.6 Å². The summed E-state index contributed by atoms with van der Waals surface area (Å²) in [4.78, 5) is 31.2. The predicted octanol–water partition coefficient (Wildman–Crippen LogP) is 5.42. The number of aliphatic hydroxyl groups excluding tert-OH is 1. The largest absolute Gasteiger partial charge is 0.396 e. The third kappa shape index (κ3) is 7.91. The molecule has 0 radical (unpaired) electrons. The molecule has 2 N–H and O–H groups in total. The number of aromatic nitrogens is 3. The summed E-state index contributed by atoms with van der Waals surface area (Å²) in [5.41, 5.74) is 5.00. The minimum absolute atomic E-state index is 0.0458. The van der Waals surface area contributed by atoms with E-state index in [1.165, 1.54) is 12.0 Å². The van der Waals surface area contributed by atoms with Crippen molar-refractivity contribution in [1.82, 2.24) is 19.9 Å². The standard InChI is InChI=1S/C34H40N6O2/c1-26-7-9-28(10-8-26)25-39(19-15-27-5-4-17-35-21-27)34(42)30-12-13-32(37-24-30)36-22-29-11-14-33(38-23-29)40-18-3-2-6-31(40)16-20-41/h4-5,7-14,17,21,23-24,31,41H,2-3,6,15-16,18-20,22,25H2,1H3,(H,36,37). The molecule has 8 nitrogen and oxygen atoms in total. The molecule has 1 atom stereocenters. The molecule has 1 aliphatic heterocycles. The molecule has 0 bridgehead atoms. The lowest BCUT2D eigenvalue weighted by atomic mass is 9.99. The van der Waals surface area contributed by atoms with Gasteiger partial charge in [0.2, 0.25) is 0 Å². The maximum absolute atomic E-state index is 13.6. The monoisotopic (exact) mass is 564 g/mol. The quantitative estimate of drug-likeness (QED) is 0.237. The third-order valence-electron chi connectivity index (χ3n) is 7.85. The molecule has 0 aliphatic carbocycles. The number of nitrogens with one attached hydrogen (secondary N) is 1. The van der Waals surface area contributed by atoms with Gasteiger partial charge in [-0.05, 0) is 80.0 Å². The van der Waals surface area contributed by atoms with Crippen LogP contribution in [-0.4, -0.2) is 56.6 Å². The second-order valence-corrected chi connectivity index (χ2v) is 11.0. The Bertz CT molecular complexity index is 1390. The highest BCUT2D eigenvalue weighted by molar-refractivity contribution is 5.94. The molecule has 4 heterocycles. The van der Waals surface area contributed by atoms with Crippen LogP contribution in [0.5, 0.6) is 0 Å². The number of anilines is 2. The highest BCUT2D eigenvalue weighted by Crippen LogP contribution is 2.25. The number of pyridine rings is 3. The van der Waals surface area contributed by atoms with E-state index in [0.717, 1.165) is 54.7 Å². The van der Waals surface area contributed by atoms with Gasteiger partial charge in [-0.25, -0.2) is 9.97 Å². The van der Waals surface area contributed by atoms with Crippen molar-refractivity contribution < 1.29 is 9.90 Å². The van der Waals surface area contributed by atoms with Gasteiger partial charge >= 0.3 is 0 Å². The predicted molar refractivity (Wildman–Crippen MR) is 166 cm³/mol. The smallest absolute Gasteiger partial charge is 0.255 e. The van der Waals surface area contributed by atoms with Gasteiger partial charge in [-0.1, -0.05) is 42.0 Å². The van der Waals surface area contributed by atoms with Gasteiger partial charge in [-0.2, -0.15) is 0 Å². The van der Waals surface area contributed by atoms with Crippen LogP contribution in [0.15, 0.2) is 85.5 Å². The first-order valence-corrected chi connectivity index (χ1v) is 14.8. The van der Waals surface area contributed by atoms with Crippen molar-refractivity contribution in [3.63, 3.8) is 0 Å². The number of hydrogen-bond acceptors (Lipinski definition) is 7. The van der Waals surface area contributed by atoms with Gasteiger partial charge in [0.05, 0.1) is 5.56 Å². The van der Waals surface area contributed by atoms with Crippen molar-refractivity contribution in [2.75, 3.05) is 29.9 Å². The lowest BCUT2D eigenvalue weighted by molar-refractivity contribution is 0.0744. The Labute approximate surface area is 248 Å². The van der Waals surface area contributed by atoms with Gasteiger partial charge in [0.25, 0.3) is 5.91 Å². The summed E-state index contributed by atoms with van der Waals surface area (Å²) < 4.78 is 0. The molecule has 1 amide bonds. The molecule has 0 spiro atoms. The molecular weight excluding hydrogens is 524 g/mol. The van der Waals surface area contributed by atoms with Crippen LogP contribution in [0.3, 0.4) is 0 Å². The van der Waals surface area contributed by atoms with E-state index in [2.05, 4.69) is 63.5 Å². The number of benzene rings is 1. The summed E-state index contributed by atoms with van der Waals surface area (Å²) >= 11 is 0. The van der Waals surface area contributed by atoms with E-state index in [9.17, 15) is 9.90 Å². The number of piperidine rings is 1. The van der Waals surface area contributed by atoms with E-state index in [1.54, 1.807) is 12.4 Å². The van der Waals surface area contributed by atoms with Crippen molar-refractivity contribution in [3.05, 3.63) is 113 Å². The highest BCUT2D eigenvalue weighted by Gasteiger charge is 2.23. The van der Waals surface area contributed by atoms with E-state index in [-0.39, 0.29) is 12.5 Å². The minimum atomic E-state index is -0.0458. The van der Waals surface area contributed by atoms with Crippen LogP contribution in [0.2, 0.25) is 0 Å². The molecule has 218 valence electrons. The lowest BCUT2D eigenvalue weighted by Gasteiger charge is -2.36. The maximum Gasteiger partial charge on any atom is 0.255 e. The molecule has 1 aromatic carbocycles. The Hall–Kier alpha value is -4.30. The number of nitrogens with zero attached hydrogens (tertiary/aromatic N) is 5. The Kier molecular flexibility index (Phi) is 10.1. The first-order chi connectivity index (χ1) is 20.6. The highest BCUT2D eigenvalue weighted by atomic mass is 16.3. The molecule has 3 aromatic heterocycles. The summed E-state index contributed by atoms with van der Waals surface area (Å²) in [5.74, 6) is 1.63. The average Bonchev–Trinajstić information content (AvgIpc) is 3.04. The number of carbonyl (C=O) groups excluding carboxylic acids is 1. The Morgan fingerprint density at radius 1 is 0.976 bits per heavy atom. The topological polar surface area (TPSA) is 94.5 Å². The van der Waals surface area contributed by atoms with Gasteiger partial charge in [-0.3, -0.25) is 9.78 Å². The fourth-order valence-electron chi connectivity index (χ4n) is 5.42. The fourth-order valence-corrected chi connectivity index (χ4v) is 5.42. The van der Waals surface area contributed by atoms with Crippen LogP contribution < -0.4 is 10.2 Å². The van der Waals surface area contributed by atoms with E-state index in [1.807, 2.05) is 41.6 Å². The van der Waals surface area contributed by atoms with Crippen molar-refractivity contribution in [1.29, 1.82) is 0 Å². The van der Waals surface area contributed by atoms with E-state index in [0.29, 0.717) is 37.1 Å². The van der Waals surface area contributed by atoms with Crippen molar-refractivity contribution in [3.8, 4) is 0 Å². The molecular formula is C34H40N6O2. The molecule has 1 saturated heterocycles. The summed E-state index contributed by atoms with van der Waals surface area (Å²) in [6, 6.07) is 20.5. The molecule has 5 rings (SSSR count). The summed E-state index contributed by atoms with van der Waals surface area (Å²) in [5, 5.41) is 12.8. The molecule has 8 heteroatoms. The second-order valence-electron chi connectivity index (χ2n) is 11.0. The first kappa shape index (κ1) is 29.2. The number of aliphatic hydroxyl groups is 1. The lowest BCUT2D eigenvalue weighted by Crippen LogP contribution is -2.40. The number of rotatable bonds is 12. The molecule has 0 saturated carbocycles. The fraction of sp³-hybridized carbons (Fsp3) is 0.353. The first-order valence-electron chi connectivity index (χ1n) is 14.8. The van der Waals surface area contributed by atoms with Gasteiger partial charge < -0.3 is 20.2 Å². The van der Waals surface area contributed by atoms with Crippen LogP contribution in [0.1, 0.15) is 58.3 Å². The van der Waals surface area contributed by atoms with Gasteiger partial charge in [-0.15, -0.1) is 0 Å². The number of carbonyl (C=O) groups is 1. The summed E-state index contributed by atoms with van der Waals surface area (Å²) in [6.07, 6.45) is 12.1. The van der Waals surface area contributed by atoms with Crippen molar-refractivity contribution in [2.24, 2.45) is 0 Å². The Morgan fingerprint density at radius 2 is 1.83 bits per heavy atom. The number of amides is 1. The minimum Gasteiger partial charge on any atom is -0.396 e. The molecule has 4 aromatic rings. The van der Waals surface area contributed by atoms with Gasteiger partial charge in [0, 0.05) is 63.6 Å². The maximum atomic E-state index is 13.6. The van der Waals surface area contributed by atoms with Crippen LogP contribution in [0.25, 0.3) is 0 Å². The van der Waals surface area contributed by atoms with Crippen molar-refractivity contribution in [2.45, 2.75) is 58.2 Å². The normalized spacial score (nSPS) is 14.9. The number of hydrogen-bond donors (Lipinski definition) is 2. The zero-order valence-corrected chi connectivity index (χ0v) is 24.3. The molecule has 1 fully saturated rings. The second kappa shape index (κ2) is 14.5. The average molecular weight is 565 g/mol. The van der Waals surface area contributed by atoms with Gasteiger partial charge in [0.15, 0.2) is 0 Å². The summed E-state index contributed by atoms with van der Waals surface area (Å²) in [6.45, 7) is 4.94. The SMILES string of the molecule is Cc1ccc(CN(CCc2cccnc2)C(=O)c2ccc(NCc3ccc(N4CCCCC4CCO)nc3)nc2)cc1. The van der Waals surface area contributed by atoms with Crippen molar-refractivity contribution >= 4 is 17.5 Å². The number of aryl methyl sites for hydroxylation is 1. The Morgan fingerprint density at radius 3 is 2.55 bits per heavy atom. The van der Waals surface area contributed by atoms with Crippen LogP contribution in [-0.2, 0) is 19.5 Å². The third-order valence-corrected chi connectivity index (χ3v) is 7.85. The van der Waals surface area contributed by atoms with E-state index < -0.39 is 0 Å².